The van der Waals surface area contributed by atoms with Crippen LogP contribution in [0.15, 0.2) is 34.9 Å². The highest BCUT2D eigenvalue weighted by Crippen LogP contribution is 2.18. The summed E-state index contributed by atoms with van der Waals surface area (Å²) in [5.41, 5.74) is -0.0623. The summed E-state index contributed by atoms with van der Waals surface area (Å²) in [6.07, 6.45) is 1.59. The third-order valence-electron chi connectivity index (χ3n) is 3.11. The maximum Gasteiger partial charge on any atom is 0.351 e. The number of carbonyl (C=O) groups is 1. The Kier molecular flexibility index (Phi) is 10.6. The van der Waals surface area contributed by atoms with Crippen molar-refractivity contribution in [1.82, 2.24) is 5.32 Å². The monoisotopic (exact) mass is 398 g/mol. The molecule has 0 saturated carbocycles. The van der Waals surface area contributed by atoms with Gasteiger partial charge in [-0.3, -0.25) is 0 Å². The Morgan fingerprint density at radius 3 is 2.62 bits per heavy atom. The molecule has 0 fully saturated rings. The van der Waals surface area contributed by atoms with Gasteiger partial charge < -0.3 is 19.5 Å². The van der Waals surface area contributed by atoms with E-state index in [-0.39, 0.29) is 18.3 Å². The molecule has 1 atom stereocenters. The van der Waals surface area contributed by atoms with Crippen LogP contribution in [0.4, 0.5) is 0 Å². The van der Waals surface area contributed by atoms with E-state index in [1.54, 1.807) is 30.5 Å². The lowest BCUT2D eigenvalue weighted by Crippen LogP contribution is -2.29. The average Bonchev–Trinajstić information content (AvgIpc) is 2.64. The molecule has 0 aromatic heterocycles. The molecule has 0 saturated heterocycles. The van der Waals surface area contributed by atoms with Crippen LogP contribution in [-0.2, 0) is 14.3 Å². The molecule has 1 aromatic carbocycles. The highest BCUT2D eigenvalue weighted by molar-refractivity contribution is 8.02. The largest absolute Gasteiger partial charge is 0.489 e. The zero-order valence-corrected chi connectivity index (χ0v) is 16.7. The lowest BCUT2D eigenvalue weighted by atomic mass is 10.3. The van der Waals surface area contributed by atoms with Gasteiger partial charge in [0, 0.05) is 11.6 Å². The molecule has 0 heterocycles. The minimum absolute atomic E-state index is 0.0623. The summed E-state index contributed by atoms with van der Waals surface area (Å²) >= 11 is 7.11. The summed E-state index contributed by atoms with van der Waals surface area (Å²) in [5.74, 6) is 0.0181. The Labute approximate surface area is 163 Å². The first kappa shape index (κ1) is 22.2. The number of thioether (sulfide) groups is 1. The molecule has 0 aliphatic rings. The first-order chi connectivity index (χ1) is 12.5. The van der Waals surface area contributed by atoms with E-state index in [0.717, 1.165) is 0 Å². The highest BCUT2D eigenvalue weighted by atomic mass is 35.5. The van der Waals surface area contributed by atoms with E-state index in [1.807, 2.05) is 19.9 Å². The van der Waals surface area contributed by atoms with Crippen molar-refractivity contribution in [2.75, 3.05) is 32.6 Å². The second-order valence-electron chi connectivity index (χ2n) is 5.12. The van der Waals surface area contributed by atoms with E-state index in [2.05, 4.69) is 5.32 Å². The fraction of sp³-hybridized carbons (Fsp3) is 0.444. The molecule has 26 heavy (non-hydrogen) atoms. The zero-order valence-electron chi connectivity index (χ0n) is 15.1. The van der Waals surface area contributed by atoms with Crippen LogP contribution >= 0.6 is 23.4 Å². The molecule has 0 aliphatic heterocycles. The number of nitrogens with zero attached hydrogens (tertiary/aromatic N) is 1. The van der Waals surface area contributed by atoms with Gasteiger partial charge in [0.05, 0.1) is 18.2 Å². The van der Waals surface area contributed by atoms with Gasteiger partial charge in [-0.2, -0.15) is 5.26 Å². The Balaban J connectivity index is 2.60. The summed E-state index contributed by atoms with van der Waals surface area (Å²) < 4.78 is 15.9. The molecule has 8 heteroatoms. The van der Waals surface area contributed by atoms with E-state index in [1.165, 1.54) is 11.8 Å². The molecule has 0 spiro atoms. The second kappa shape index (κ2) is 12.5. The summed E-state index contributed by atoms with van der Waals surface area (Å²) in [5, 5.41) is 13.4. The first-order valence-electron chi connectivity index (χ1n) is 8.11. The molecular weight excluding hydrogens is 376 g/mol. The van der Waals surface area contributed by atoms with Crippen molar-refractivity contribution < 1.29 is 19.0 Å². The average molecular weight is 399 g/mol. The van der Waals surface area contributed by atoms with Crippen LogP contribution < -0.4 is 10.1 Å². The Bertz CT molecular complexity index is 644. The SMILES string of the molecule is CCOCCOC(=O)/C(C#N)=C(\NCC(C)Oc1ccc(Cl)cc1)SC. The topological polar surface area (TPSA) is 80.6 Å². The van der Waals surface area contributed by atoms with Gasteiger partial charge in [0.15, 0.2) is 5.57 Å². The smallest absolute Gasteiger partial charge is 0.351 e. The third-order valence-corrected chi connectivity index (χ3v) is 4.12. The molecule has 6 nitrogen and oxygen atoms in total. The summed E-state index contributed by atoms with van der Waals surface area (Å²) in [6.45, 7) is 5.10. The van der Waals surface area contributed by atoms with E-state index in [4.69, 9.17) is 25.8 Å². The molecule has 1 rings (SSSR count). The van der Waals surface area contributed by atoms with Crippen molar-refractivity contribution in [2.45, 2.75) is 20.0 Å². The number of nitrogens with one attached hydrogen (secondary N) is 1. The van der Waals surface area contributed by atoms with Crippen molar-refractivity contribution in [3.63, 3.8) is 0 Å². The van der Waals surface area contributed by atoms with Crippen LogP contribution in [0.1, 0.15) is 13.8 Å². The van der Waals surface area contributed by atoms with E-state index >= 15 is 0 Å². The number of halogens is 1. The quantitative estimate of drug-likeness (QED) is 0.265. The Hall–Kier alpha value is -1.88. The van der Waals surface area contributed by atoms with Gasteiger partial charge in [0.1, 0.15) is 24.5 Å². The number of carbonyl (C=O) groups excluding carboxylic acids is 1. The van der Waals surface area contributed by atoms with Crippen LogP contribution in [0.3, 0.4) is 0 Å². The lowest BCUT2D eigenvalue weighted by molar-refractivity contribution is -0.140. The van der Waals surface area contributed by atoms with Crippen LogP contribution in [0.2, 0.25) is 5.02 Å². The van der Waals surface area contributed by atoms with E-state index < -0.39 is 5.97 Å². The first-order valence-corrected chi connectivity index (χ1v) is 9.71. The number of esters is 1. The predicted octanol–water partition coefficient (Wildman–Crippen LogP) is 3.37. The summed E-state index contributed by atoms with van der Waals surface area (Å²) in [6, 6.07) is 8.95. The Morgan fingerprint density at radius 2 is 2.04 bits per heavy atom. The molecule has 0 radical (unpaired) electrons. The number of hydrogen-bond donors (Lipinski definition) is 1. The molecule has 0 aliphatic carbocycles. The second-order valence-corrected chi connectivity index (χ2v) is 6.37. The molecule has 1 N–H and O–H groups in total. The molecule has 1 unspecified atom stereocenters. The van der Waals surface area contributed by atoms with Crippen molar-refractivity contribution in [2.24, 2.45) is 0 Å². The van der Waals surface area contributed by atoms with Gasteiger partial charge in [-0.1, -0.05) is 11.6 Å². The zero-order chi connectivity index (χ0) is 19.4. The van der Waals surface area contributed by atoms with Crippen molar-refractivity contribution in [3.05, 3.63) is 39.9 Å². The lowest BCUT2D eigenvalue weighted by Gasteiger charge is -2.17. The van der Waals surface area contributed by atoms with Gasteiger partial charge in [0.25, 0.3) is 0 Å². The van der Waals surface area contributed by atoms with Crippen molar-refractivity contribution in [1.29, 1.82) is 5.26 Å². The van der Waals surface area contributed by atoms with Crippen LogP contribution in [0.25, 0.3) is 0 Å². The predicted molar refractivity (Wildman–Crippen MR) is 103 cm³/mol. The van der Waals surface area contributed by atoms with Gasteiger partial charge in [-0.15, -0.1) is 11.8 Å². The van der Waals surface area contributed by atoms with Crippen LogP contribution in [0, 0.1) is 11.3 Å². The minimum Gasteiger partial charge on any atom is -0.489 e. The summed E-state index contributed by atoms with van der Waals surface area (Å²) in [4.78, 5) is 12.1. The van der Waals surface area contributed by atoms with Gasteiger partial charge >= 0.3 is 5.97 Å². The Morgan fingerprint density at radius 1 is 1.35 bits per heavy atom. The molecule has 0 amide bonds. The van der Waals surface area contributed by atoms with Crippen molar-refractivity contribution in [3.8, 4) is 11.8 Å². The van der Waals surface area contributed by atoms with E-state index in [9.17, 15) is 10.1 Å². The highest BCUT2D eigenvalue weighted by Gasteiger charge is 2.17. The number of nitriles is 1. The number of hydrogen-bond acceptors (Lipinski definition) is 7. The van der Waals surface area contributed by atoms with E-state index in [0.29, 0.717) is 35.6 Å². The van der Waals surface area contributed by atoms with Crippen LogP contribution in [0.5, 0.6) is 5.75 Å². The van der Waals surface area contributed by atoms with Gasteiger partial charge in [-0.05, 0) is 44.4 Å². The number of benzene rings is 1. The maximum absolute atomic E-state index is 12.1. The number of ether oxygens (including phenoxy) is 3. The van der Waals surface area contributed by atoms with Crippen LogP contribution in [-0.4, -0.2) is 44.7 Å². The third kappa shape index (κ3) is 8.00. The molecular formula is C18H23ClN2O4S. The van der Waals surface area contributed by atoms with Gasteiger partial charge in [-0.25, -0.2) is 4.79 Å². The molecule has 1 aromatic rings. The fourth-order valence-electron chi connectivity index (χ4n) is 1.89. The normalized spacial score (nSPS) is 12.6. The minimum atomic E-state index is -0.671. The summed E-state index contributed by atoms with van der Waals surface area (Å²) in [7, 11) is 0. The standard InChI is InChI=1S/C18H23ClN2O4S/c1-4-23-9-10-24-18(22)16(11-20)17(26-3)21-12-13(2)25-15-7-5-14(19)6-8-15/h5-8,13,21H,4,9-10,12H2,1-3H3/b17-16+. The fourth-order valence-corrected chi connectivity index (χ4v) is 2.57. The molecule has 0 bridgehead atoms. The van der Waals surface area contributed by atoms with Gasteiger partial charge in [0.2, 0.25) is 0 Å². The maximum atomic E-state index is 12.1. The van der Waals surface area contributed by atoms with Crippen molar-refractivity contribution >= 4 is 29.3 Å². The molecule has 142 valence electrons. The number of rotatable bonds is 11.